The monoisotopic (exact) mass is 197 g/mol. The average Bonchev–Trinajstić information content (AvgIpc) is 2.28. The maximum absolute atomic E-state index is 9.80. The number of nitrogens with zero attached hydrogens (tertiary/aromatic N) is 1. The summed E-state index contributed by atoms with van der Waals surface area (Å²) in [6, 6.07) is 15.6. The molecule has 2 rings (SSSR count). The van der Waals surface area contributed by atoms with Gasteiger partial charge in [0, 0.05) is 0 Å². The molecule has 2 nitrogen and oxygen atoms in total. The molecule has 1 unspecified atom stereocenters. The lowest BCUT2D eigenvalue weighted by Crippen LogP contribution is -1.96. The highest BCUT2D eigenvalue weighted by Crippen LogP contribution is 2.25. The summed E-state index contributed by atoms with van der Waals surface area (Å²) < 4.78 is 0. The lowest BCUT2D eigenvalue weighted by Gasteiger charge is -2.10. The molecule has 0 radical (unpaired) electrons. The highest BCUT2D eigenvalue weighted by molar-refractivity contribution is 5.85. The zero-order valence-electron chi connectivity index (χ0n) is 8.22. The number of hydrogen-bond acceptors (Lipinski definition) is 2. The van der Waals surface area contributed by atoms with Crippen molar-refractivity contribution >= 4 is 10.8 Å². The number of fused-ring (bicyclic) bond motifs is 1. The van der Waals surface area contributed by atoms with Crippen molar-refractivity contribution in [2.45, 2.75) is 12.5 Å². The van der Waals surface area contributed by atoms with E-state index in [2.05, 4.69) is 0 Å². The van der Waals surface area contributed by atoms with Crippen LogP contribution in [0.3, 0.4) is 0 Å². The third kappa shape index (κ3) is 1.83. The molecule has 0 saturated heterocycles. The molecule has 0 aliphatic heterocycles. The lowest BCUT2D eigenvalue weighted by molar-refractivity contribution is 0.185. The molecule has 1 N–H and O–H groups in total. The first kappa shape index (κ1) is 9.70. The Hall–Kier alpha value is -1.85. The van der Waals surface area contributed by atoms with Gasteiger partial charge in [-0.2, -0.15) is 5.26 Å². The third-order valence-electron chi connectivity index (χ3n) is 2.47. The SMILES string of the molecule is N#CCC(O)c1cccc2ccccc12. The van der Waals surface area contributed by atoms with Crippen LogP contribution in [-0.4, -0.2) is 5.11 Å². The zero-order valence-corrected chi connectivity index (χ0v) is 8.22. The molecule has 2 aromatic rings. The predicted octanol–water partition coefficient (Wildman–Crippen LogP) is 2.79. The highest BCUT2D eigenvalue weighted by Gasteiger charge is 2.09. The standard InChI is InChI=1S/C13H11NO/c14-9-8-13(15)12-7-3-5-10-4-1-2-6-11(10)12/h1-7,13,15H,8H2. The third-order valence-corrected chi connectivity index (χ3v) is 2.47. The fraction of sp³-hybridized carbons (Fsp3) is 0.154. The topological polar surface area (TPSA) is 44.0 Å². The molecule has 0 aliphatic rings. The number of aliphatic hydroxyl groups is 1. The van der Waals surface area contributed by atoms with Gasteiger partial charge in [-0.25, -0.2) is 0 Å². The minimum atomic E-state index is -0.693. The molecule has 2 heteroatoms. The van der Waals surface area contributed by atoms with Crippen LogP contribution in [0.2, 0.25) is 0 Å². The molecule has 1 atom stereocenters. The Labute approximate surface area is 88.4 Å². The van der Waals surface area contributed by atoms with Gasteiger partial charge in [-0.3, -0.25) is 0 Å². The van der Waals surface area contributed by atoms with Crippen molar-refractivity contribution in [1.29, 1.82) is 5.26 Å². The number of aliphatic hydroxyl groups excluding tert-OH is 1. The van der Waals surface area contributed by atoms with Crippen LogP contribution in [0.5, 0.6) is 0 Å². The van der Waals surface area contributed by atoms with Gasteiger partial charge in [0.25, 0.3) is 0 Å². The van der Waals surface area contributed by atoms with Gasteiger partial charge in [0.15, 0.2) is 0 Å². The van der Waals surface area contributed by atoms with Gasteiger partial charge in [0.1, 0.15) is 0 Å². The van der Waals surface area contributed by atoms with Gasteiger partial charge >= 0.3 is 0 Å². The van der Waals surface area contributed by atoms with E-state index < -0.39 is 6.10 Å². The van der Waals surface area contributed by atoms with Crippen molar-refractivity contribution in [3.8, 4) is 6.07 Å². The molecule has 0 spiro atoms. The Balaban J connectivity index is 2.56. The Morgan fingerprint density at radius 1 is 1.13 bits per heavy atom. The molecule has 15 heavy (non-hydrogen) atoms. The summed E-state index contributed by atoms with van der Waals surface area (Å²) in [5.74, 6) is 0. The molecule has 0 bridgehead atoms. The first-order valence-electron chi connectivity index (χ1n) is 4.85. The molecule has 0 amide bonds. The van der Waals surface area contributed by atoms with Crippen LogP contribution in [0.25, 0.3) is 10.8 Å². The molecule has 0 heterocycles. The Morgan fingerprint density at radius 3 is 2.67 bits per heavy atom. The van der Waals surface area contributed by atoms with Crippen LogP contribution in [0.15, 0.2) is 42.5 Å². The summed E-state index contributed by atoms with van der Waals surface area (Å²) in [7, 11) is 0. The molecule has 0 aromatic heterocycles. The number of rotatable bonds is 2. The fourth-order valence-corrected chi connectivity index (χ4v) is 1.74. The molecule has 0 saturated carbocycles. The second-order valence-electron chi connectivity index (χ2n) is 3.45. The van der Waals surface area contributed by atoms with E-state index in [4.69, 9.17) is 5.26 Å². The van der Waals surface area contributed by atoms with Crippen LogP contribution >= 0.6 is 0 Å². The summed E-state index contributed by atoms with van der Waals surface area (Å²) in [4.78, 5) is 0. The van der Waals surface area contributed by atoms with Gasteiger partial charge in [-0.05, 0) is 16.3 Å². The minimum Gasteiger partial charge on any atom is -0.387 e. The summed E-state index contributed by atoms with van der Waals surface area (Å²) in [6.07, 6.45) is -0.560. The molecule has 74 valence electrons. The van der Waals surface area contributed by atoms with Crippen molar-refractivity contribution in [3.05, 3.63) is 48.0 Å². The molecule has 2 aromatic carbocycles. The van der Waals surface area contributed by atoms with Gasteiger partial charge in [-0.1, -0.05) is 42.5 Å². The Morgan fingerprint density at radius 2 is 1.87 bits per heavy atom. The smallest absolute Gasteiger partial charge is 0.0925 e. The zero-order chi connectivity index (χ0) is 10.7. The molecule has 0 fully saturated rings. The summed E-state index contributed by atoms with van der Waals surface area (Å²) in [5, 5.41) is 20.5. The largest absolute Gasteiger partial charge is 0.387 e. The number of hydrogen-bond donors (Lipinski definition) is 1. The van der Waals surface area contributed by atoms with Gasteiger partial charge < -0.3 is 5.11 Å². The highest BCUT2D eigenvalue weighted by atomic mass is 16.3. The second-order valence-corrected chi connectivity index (χ2v) is 3.45. The Bertz CT molecular complexity index is 508. The van der Waals surface area contributed by atoms with Crippen molar-refractivity contribution in [2.75, 3.05) is 0 Å². The predicted molar refractivity (Wildman–Crippen MR) is 59.1 cm³/mol. The van der Waals surface area contributed by atoms with Crippen molar-refractivity contribution in [2.24, 2.45) is 0 Å². The second kappa shape index (κ2) is 4.12. The molecular weight excluding hydrogens is 186 g/mol. The summed E-state index contributed by atoms with van der Waals surface area (Å²) in [6.45, 7) is 0. The first-order valence-corrected chi connectivity index (χ1v) is 4.85. The van der Waals surface area contributed by atoms with E-state index in [0.29, 0.717) is 0 Å². The van der Waals surface area contributed by atoms with Crippen molar-refractivity contribution in [1.82, 2.24) is 0 Å². The Kier molecular flexibility index (Phi) is 2.66. The molecular formula is C13H11NO. The van der Waals surface area contributed by atoms with Crippen LogP contribution < -0.4 is 0 Å². The average molecular weight is 197 g/mol. The fourth-order valence-electron chi connectivity index (χ4n) is 1.74. The maximum Gasteiger partial charge on any atom is 0.0925 e. The normalized spacial score (nSPS) is 12.3. The van der Waals surface area contributed by atoms with E-state index in [1.165, 1.54) is 0 Å². The van der Waals surface area contributed by atoms with E-state index >= 15 is 0 Å². The van der Waals surface area contributed by atoms with Crippen LogP contribution in [0.4, 0.5) is 0 Å². The van der Waals surface area contributed by atoms with E-state index in [-0.39, 0.29) is 6.42 Å². The first-order chi connectivity index (χ1) is 7.33. The maximum atomic E-state index is 9.80. The minimum absolute atomic E-state index is 0.133. The van der Waals surface area contributed by atoms with E-state index in [0.717, 1.165) is 16.3 Å². The van der Waals surface area contributed by atoms with Crippen molar-refractivity contribution < 1.29 is 5.11 Å². The van der Waals surface area contributed by atoms with Gasteiger partial charge in [0.2, 0.25) is 0 Å². The van der Waals surface area contributed by atoms with E-state index in [1.54, 1.807) is 0 Å². The summed E-state index contributed by atoms with van der Waals surface area (Å²) in [5.41, 5.74) is 0.828. The lowest BCUT2D eigenvalue weighted by atomic mass is 9.99. The van der Waals surface area contributed by atoms with Gasteiger partial charge in [-0.15, -0.1) is 0 Å². The van der Waals surface area contributed by atoms with Crippen LogP contribution in [0.1, 0.15) is 18.1 Å². The molecule has 0 aliphatic carbocycles. The number of benzene rings is 2. The van der Waals surface area contributed by atoms with Crippen LogP contribution in [-0.2, 0) is 0 Å². The summed E-state index contributed by atoms with van der Waals surface area (Å²) >= 11 is 0. The van der Waals surface area contributed by atoms with E-state index in [1.807, 2.05) is 48.5 Å². The quantitative estimate of drug-likeness (QED) is 0.804. The number of nitriles is 1. The van der Waals surface area contributed by atoms with Crippen molar-refractivity contribution in [3.63, 3.8) is 0 Å². The van der Waals surface area contributed by atoms with E-state index in [9.17, 15) is 5.11 Å². The van der Waals surface area contributed by atoms with Gasteiger partial charge in [0.05, 0.1) is 18.6 Å². The van der Waals surface area contributed by atoms with Crippen LogP contribution in [0, 0.1) is 11.3 Å².